The second-order valence-corrected chi connectivity index (χ2v) is 7.45. The molecule has 2 aromatic rings. The lowest BCUT2D eigenvalue weighted by Crippen LogP contribution is -2.15. The molecule has 0 heterocycles. The Kier molecular flexibility index (Phi) is 3.13. The number of benzene rings is 2. The largest absolute Gasteiger partial charge is 0.457 e. The molecular weight excluding hydrogens is 326 g/mol. The first kappa shape index (κ1) is 12.5. The minimum Gasteiger partial charge on any atom is -0.457 e. The highest BCUT2D eigenvalue weighted by Gasteiger charge is 2.69. The summed E-state index contributed by atoms with van der Waals surface area (Å²) in [7, 11) is 0. The molecule has 1 aliphatic carbocycles. The van der Waals surface area contributed by atoms with E-state index in [0.29, 0.717) is 5.56 Å². The van der Waals surface area contributed by atoms with Crippen LogP contribution in [0.25, 0.3) is 0 Å². The van der Waals surface area contributed by atoms with Crippen molar-refractivity contribution in [2.45, 2.75) is 33.8 Å². The molecule has 1 aliphatic rings. The van der Waals surface area contributed by atoms with E-state index in [1.807, 2.05) is 33.8 Å². The standard InChI is InChI=1S/C22H23NO3/c1-21(2)19(22(21,3)4)20(24)26-18(14-23)15-9-8-12-17(13-15)25-16-10-6-5-7-11-16/h5-13,18-19H,1-4H3/i5D,6D,7D,10D,11D. The summed E-state index contributed by atoms with van der Waals surface area (Å²) in [6.45, 7) is 7.92. The average molecular weight is 354 g/mol. The summed E-state index contributed by atoms with van der Waals surface area (Å²) in [5.74, 6) is -0.936. The van der Waals surface area contributed by atoms with Crippen molar-refractivity contribution in [2.75, 3.05) is 0 Å². The van der Waals surface area contributed by atoms with Gasteiger partial charge in [-0.3, -0.25) is 4.79 Å². The van der Waals surface area contributed by atoms with Crippen LogP contribution in [0.2, 0.25) is 0 Å². The molecule has 0 bridgehead atoms. The molecule has 3 rings (SSSR count). The third-order valence-electron chi connectivity index (χ3n) is 5.47. The lowest BCUT2D eigenvalue weighted by molar-refractivity contribution is -0.150. The summed E-state index contributed by atoms with van der Waals surface area (Å²) >= 11 is 0. The molecule has 1 unspecified atom stereocenters. The van der Waals surface area contributed by atoms with E-state index in [1.165, 1.54) is 12.1 Å². The first-order valence-electron chi connectivity index (χ1n) is 10.8. The Bertz CT molecular complexity index is 1060. The second-order valence-electron chi connectivity index (χ2n) is 7.45. The molecule has 4 heteroatoms. The second kappa shape index (κ2) is 6.49. The summed E-state index contributed by atoms with van der Waals surface area (Å²) in [6.07, 6.45) is -1.16. The molecule has 0 spiro atoms. The van der Waals surface area contributed by atoms with Crippen molar-refractivity contribution in [2.24, 2.45) is 16.7 Å². The first-order valence-corrected chi connectivity index (χ1v) is 8.29. The Hall–Kier alpha value is -2.80. The van der Waals surface area contributed by atoms with Crippen LogP contribution in [0, 0.1) is 28.1 Å². The van der Waals surface area contributed by atoms with E-state index in [1.54, 1.807) is 12.1 Å². The zero-order valence-electron chi connectivity index (χ0n) is 20.1. The zero-order chi connectivity index (χ0) is 23.3. The van der Waals surface area contributed by atoms with Gasteiger partial charge in [0.05, 0.1) is 12.8 Å². The Morgan fingerprint density at radius 1 is 1.15 bits per heavy atom. The summed E-state index contributed by atoms with van der Waals surface area (Å²) in [6, 6.07) is 5.63. The van der Waals surface area contributed by atoms with Crippen LogP contribution in [0.1, 0.15) is 46.2 Å². The fourth-order valence-corrected chi connectivity index (χ4v) is 3.29. The highest BCUT2D eigenvalue weighted by molar-refractivity contribution is 5.79. The fourth-order valence-electron chi connectivity index (χ4n) is 3.29. The van der Waals surface area contributed by atoms with Gasteiger partial charge in [-0.2, -0.15) is 5.26 Å². The van der Waals surface area contributed by atoms with Gasteiger partial charge in [-0.15, -0.1) is 0 Å². The number of nitrogens with zero attached hydrogens (tertiary/aromatic N) is 1. The van der Waals surface area contributed by atoms with Crippen LogP contribution in [-0.4, -0.2) is 5.97 Å². The number of rotatable bonds is 5. The smallest absolute Gasteiger partial charge is 0.311 e. The van der Waals surface area contributed by atoms with Crippen LogP contribution in [0.5, 0.6) is 11.5 Å². The molecule has 1 saturated carbocycles. The summed E-state index contributed by atoms with van der Waals surface area (Å²) in [4.78, 5) is 12.6. The number of esters is 1. The van der Waals surface area contributed by atoms with Crippen molar-refractivity contribution in [3.8, 4) is 17.6 Å². The van der Waals surface area contributed by atoms with Gasteiger partial charge in [-0.25, -0.2) is 0 Å². The zero-order valence-corrected chi connectivity index (χ0v) is 15.1. The van der Waals surface area contributed by atoms with Crippen LogP contribution < -0.4 is 4.74 Å². The highest BCUT2D eigenvalue weighted by atomic mass is 16.5. The number of carbonyl (C=O) groups excluding carboxylic acids is 1. The first-order chi connectivity index (χ1) is 14.3. The predicted molar refractivity (Wildman–Crippen MR) is 98.5 cm³/mol. The van der Waals surface area contributed by atoms with Gasteiger partial charge in [-0.1, -0.05) is 58.0 Å². The van der Waals surface area contributed by atoms with Gasteiger partial charge in [0.1, 0.15) is 17.6 Å². The predicted octanol–water partition coefficient (Wildman–Crippen LogP) is 5.27. The Morgan fingerprint density at radius 2 is 1.81 bits per heavy atom. The maximum Gasteiger partial charge on any atom is 0.311 e. The van der Waals surface area contributed by atoms with Gasteiger partial charge in [0, 0.05) is 5.56 Å². The van der Waals surface area contributed by atoms with Crippen LogP contribution >= 0.6 is 0 Å². The maximum absolute atomic E-state index is 12.6. The maximum atomic E-state index is 12.6. The number of ether oxygens (including phenoxy) is 2. The molecular formula is C22H23NO3. The van der Waals surface area contributed by atoms with E-state index in [0.717, 1.165) is 0 Å². The molecule has 0 radical (unpaired) electrons. The quantitative estimate of drug-likeness (QED) is 0.686. The SMILES string of the molecule is [2H]c1c([2H])c([2H])c(Oc2cccc(C(C#N)OC(=O)C3C(C)(C)C3(C)C)c2)c([2H])c1[2H]. The lowest BCUT2D eigenvalue weighted by Gasteiger charge is -2.14. The van der Waals surface area contributed by atoms with Gasteiger partial charge in [0.2, 0.25) is 6.10 Å². The average Bonchev–Trinajstić information content (AvgIpc) is 3.14. The van der Waals surface area contributed by atoms with E-state index in [9.17, 15) is 10.1 Å². The highest BCUT2D eigenvalue weighted by Crippen LogP contribution is 2.68. The van der Waals surface area contributed by atoms with Crippen molar-refractivity contribution in [1.29, 1.82) is 5.26 Å². The van der Waals surface area contributed by atoms with Crippen LogP contribution in [0.4, 0.5) is 0 Å². The molecule has 2 aromatic carbocycles. The minimum atomic E-state index is -1.16. The molecule has 26 heavy (non-hydrogen) atoms. The fraction of sp³-hybridized carbons (Fsp3) is 0.364. The van der Waals surface area contributed by atoms with E-state index in [-0.39, 0.29) is 28.2 Å². The molecule has 0 aliphatic heterocycles. The molecule has 1 fully saturated rings. The molecule has 1 atom stereocenters. The molecule has 0 aromatic heterocycles. The number of hydrogen-bond acceptors (Lipinski definition) is 4. The van der Waals surface area contributed by atoms with E-state index < -0.39 is 42.3 Å². The van der Waals surface area contributed by atoms with Gasteiger partial charge in [0.15, 0.2) is 0 Å². The number of carbonyl (C=O) groups is 1. The van der Waals surface area contributed by atoms with E-state index in [4.69, 9.17) is 16.3 Å². The molecule has 134 valence electrons. The van der Waals surface area contributed by atoms with Crippen molar-refractivity contribution < 1.29 is 21.1 Å². The molecule has 0 N–H and O–H groups in total. The molecule has 0 saturated heterocycles. The lowest BCUT2D eigenvalue weighted by atomic mass is 10.0. The van der Waals surface area contributed by atoms with Gasteiger partial charge >= 0.3 is 5.97 Å². The third-order valence-corrected chi connectivity index (χ3v) is 5.47. The van der Waals surface area contributed by atoms with Crippen LogP contribution in [0.3, 0.4) is 0 Å². The van der Waals surface area contributed by atoms with Crippen LogP contribution in [-0.2, 0) is 9.53 Å². The van der Waals surface area contributed by atoms with Crippen LogP contribution in [0.15, 0.2) is 54.5 Å². The number of hydrogen-bond donors (Lipinski definition) is 0. The normalized spacial score (nSPS) is 21.1. The number of para-hydroxylation sites is 1. The third kappa shape index (κ3) is 3.17. The molecule has 4 nitrogen and oxygen atoms in total. The minimum absolute atomic E-state index is 0.152. The van der Waals surface area contributed by atoms with E-state index >= 15 is 0 Å². The van der Waals surface area contributed by atoms with Crippen molar-refractivity contribution in [3.05, 3.63) is 60.0 Å². The Morgan fingerprint density at radius 3 is 2.38 bits per heavy atom. The van der Waals surface area contributed by atoms with Gasteiger partial charge in [-0.05, 0) is 35.0 Å². The van der Waals surface area contributed by atoms with E-state index in [2.05, 4.69) is 0 Å². The molecule has 0 amide bonds. The van der Waals surface area contributed by atoms with Crippen molar-refractivity contribution in [1.82, 2.24) is 0 Å². The Balaban J connectivity index is 1.85. The summed E-state index contributed by atoms with van der Waals surface area (Å²) in [5, 5.41) is 9.56. The number of nitriles is 1. The Labute approximate surface area is 161 Å². The monoisotopic (exact) mass is 354 g/mol. The summed E-state index contributed by atoms with van der Waals surface area (Å²) < 4.78 is 50.1. The summed E-state index contributed by atoms with van der Waals surface area (Å²) in [5.41, 5.74) is -0.0940. The van der Waals surface area contributed by atoms with Gasteiger partial charge in [0.25, 0.3) is 0 Å². The van der Waals surface area contributed by atoms with Crippen molar-refractivity contribution >= 4 is 5.97 Å². The topological polar surface area (TPSA) is 59.3 Å². The van der Waals surface area contributed by atoms with Crippen molar-refractivity contribution in [3.63, 3.8) is 0 Å². The van der Waals surface area contributed by atoms with Gasteiger partial charge < -0.3 is 9.47 Å².